The molecule has 0 aromatic heterocycles. The Hall–Kier alpha value is -3.24. The average Bonchev–Trinajstić information content (AvgIpc) is 3.17. The average molecular weight is 884 g/mol. The van der Waals surface area contributed by atoms with Crippen LogP contribution in [0.15, 0.2) is 53.7 Å². The number of rotatable bonds is 33. The van der Waals surface area contributed by atoms with Gasteiger partial charge in [0.05, 0.1) is 13.2 Å². The lowest BCUT2D eigenvalue weighted by Gasteiger charge is -2.14. The largest absolute Gasteiger partial charge is 0.491 e. The first-order valence-corrected chi connectivity index (χ1v) is 23.0. The number of carbonyl (C=O) groups excluding carboxylic acids is 3. The van der Waals surface area contributed by atoms with E-state index in [4.69, 9.17) is 24.5 Å². The van der Waals surface area contributed by atoms with E-state index >= 15 is 0 Å². The van der Waals surface area contributed by atoms with Gasteiger partial charge in [-0.2, -0.15) is 0 Å². The zero-order valence-electron chi connectivity index (χ0n) is 36.3. The Bertz CT molecular complexity index is 1330. The van der Waals surface area contributed by atoms with E-state index in [1.807, 2.05) is 29.0 Å². The van der Waals surface area contributed by atoms with E-state index in [9.17, 15) is 14.4 Å². The van der Waals surface area contributed by atoms with Crippen molar-refractivity contribution in [3.8, 4) is 5.75 Å². The molecule has 1 aromatic rings. The number of carbonyl (C=O) groups is 3. The van der Waals surface area contributed by atoms with Crippen LogP contribution >= 0.6 is 21.6 Å². The summed E-state index contributed by atoms with van der Waals surface area (Å²) in [4.78, 5) is 38.4. The molecular formula is C44H81N7O7S2. The summed E-state index contributed by atoms with van der Waals surface area (Å²) in [6.45, 7) is 20.6. The Morgan fingerprint density at radius 1 is 0.817 bits per heavy atom. The van der Waals surface area contributed by atoms with Gasteiger partial charge in [-0.05, 0) is 67.2 Å². The third-order valence-corrected chi connectivity index (χ3v) is 9.54. The van der Waals surface area contributed by atoms with Gasteiger partial charge in [0.15, 0.2) is 6.23 Å². The minimum atomic E-state index is -0.882. The van der Waals surface area contributed by atoms with Crippen molar-refractivity contribution in [2.45, 2.75) is 115 Å². The summed E-state index contributed by atoms with van der Waals surface area (Å²) in [5.74, 6) is 3.57. The number of azide groups is 1. The summed E-state index contributed by atoms with van der Waals surface area (Å²) in [5, 5.41) is 15.5. The highest BCUT2D eigenvalue weighted by molar-refractivity contribution is 8.76. The van der Waals surface area contributed by atoms with E-state index < -0.39 is 6.23 Å². The van der Waals surface area contributed by atoms with Crippen LogP contribution < -0.4 is 26.0 Å². The van der Waals surface area contributed by atoms with Gasteiger partial charge in [0.25, 0.3) is 5.91 Å². The first kappa shape index (κ1) is 61.1. The molecule has 0 aliphatic carbocycles. The van der Waals surface area contributed by atoms with E-state index in [1.165, 1.54) is 0 Å². The molecule has 0 saturated heterocycles. The van der Waals surface area contributed by atoms with Crippen LogP contribution in [0.25, 0.3) is 10.4 Å². The molecular weight excluding hydrogens is 803 g/mol. The van der Waals surface area contributed by atoms with Crippen molar-refractivity contribution in [1.29, 1.82) is 0 Å². The van der Waals surface area contributed by atoms with Gasteiger partial charge in [-0.25, -0.2) is 0 Å². The predicted molar refractivity (Wildman–Crippen MR) is 253 cm³/mol. The fourth-order valence-electron chi connectivity index (χ4n) is 4.52. The van der Waals surface area contributed by atoms with Gasteiger partial charge < -0.3 is 40.2 Å². The van der Waals surface area contributed by atoms with Crippen molar-refractivity contribution >= 4 is 39.3 Å². The number of benzene rings is 1. The second-order valence-corrected chi connectivity index (χ2v) is 17.2. The summed E-state index contributed by atoms with van der Waals surface area (Å²) in [7, 11) is 3.59. The Balaban J connectivity index is -0.00000114. The number of ether oxygens (including phenoxy) is 4. The number of unbranched alkanes of at least 4 members (excludes halogenated alkanes) is 1. The lowest BCUT2D eigenvalue weighted by Crippen LogP contribution is -2.28. The summed E-state index contributed by atoms with van der Waals surface area (Å²) in [6.07, 6.45) is 11.5. The van der Waals surface area contributed by atoms with Crippen molar-refractivity contribution in [3.05, 3.63) is 64.6 Å². The van der Waals surface area contributed by atoms with Crippen LogP contribution in [0, 0.1) is 17.8 Å². The molecule has 1 atom stereocenters. The van der Waals surface area contributed by atoms with Gasteiger partial charge in [0, 0.05) is 61.5 Å². The predicted octanol–water partition coefficient (Wildman–Crippen LogP) is 9.34. The van der Waals surface area contributed by atoms with Gasteiger partial charge in [0.2, 0.25) is 11.8 Å². The van der Waals surface area contributed by atoms with Gasteiger partial charge in [-0.1, -0.05) is 127 Å². The Morgan fingerprint density at radius 3 is 2.13 bits per heavy atom. The van der Waals surface area contributed by atoms with Crippen LogP contribution in [0.1, 0.15) is 113 Å². The molecule has 346 valence electrons. The lowest BCUT2D eigenvalue weighted by molar-refractivity contribution is -0.126. The van der Waals surface area contributed by atoms with Crippen molar-refractivity contribution in [3.63, 3.8) is 0 Å². The highest BCUT2D eigenvalue weighted by Gasteiger charge is 2.11. The maximum Gasteiger partial charge on any atom is 0.251 e. The van der Waals surface area contributed by atoms with Gasteiger partial charge in [-0.3, -0.25) is 14.4 Å². The maximum absolute atomic E-state index is 12.3. The normalized spacial score (nSPS) is 11.5. The van der Waals surface area contributed by atoms with E-state index in [0.717, 1.165) is 50.5 Å². The van der Waals surface area contributed by atoms with Crippen LogP contribution in [-0.2, 0) is 23.8 Å². The van der Waals surface area contributed by atoms with Crippen LogP contribution in [-0.4, -0.2) is 101 Å². The van der Waals surface area contributed by atoms with Crippen LogP contribution in [0.4, 0.5) is 0 Å². The highest BCUT2D eigenvalue weighted by atomic mass is 33.1. The smallest absolute Gasteiger partial charge is 0.251 e. The molecule has 0 aliphatic rings. The number of hydrogen-bond donors (Lipinski definition) is 4. The zero-order valence-corrected chi connectivity index (χ0v) is 38.0. The minimum Gasteiger partial charge on any atom is -0.491 e. The molecule has 0 bridgehead atoms. The quantitative estimate of drug-likeness (QED) is 0.0101. The molecule has 0 aliphatic heterocycles. The van der Waals surface area contributed by atoms with E-state index in [1.54, 1.807) is 35.1 Å². The van der Waals surface area contributed by atoms with Crippen molar-refractivity contribution in [1.82, 2.24) is 21.3 Å². The Labute approximate surface area is 371 Å². The third-order valence-electron chi connectivity index (χ3n) is 7.46. The number of nitrogens with zero attached hydrogens (tertiary/aromatic N) is 3. The summed E-state index contributed by atoms with van der Waals surface area (Å²) in [6, 6.07) is 7.32. The SMILES string of the molecule is C.C.CC(C)/C=C/CNC(=O)CCCCOCSSCCNC(C)C.CC(C)/C=C/CNC(=O)COCCOC(COc1cccc(C(=O)NCCCC(C)C)c1)N=[N+]=[N-]. The highest BCUT2D eigenvalue weighted by Crippen LogP contribution is 2.20. The standard InChI is InChI=1S/C25H39N5O5.C17H34N2O2S2.2CH4/c1-19(2)8-6-12-27-23(31)17-33-14-15-34-24(29-30-26)18-35-22-11-5-10-21(16-22)25(32)28-13-7-9-20(3)4;1-15(2)8-7-10-19-17(20)9-5-6-12-21-14-23-22-13-11-18-16(3)4;;/h5-6,8,10-11,16,19-20,24H,7,9,12-15,17-18H2,1-4H3,(H,27,31)(H,28,32);7-8,15-16,18H,5-6,9-14H2,1-4H3,(H,19,20);2*1H4/b8-6+;8-7+;;. The zero-order chi connectivity index (χ0) is 43.2. The third kappa shape index (κ3) is 41.5. The van der Waals surface area contributed by atoms with Gasteiger partial charge >= 0.3 is 0 Å². The molecule has 0 spiro atoms. The lowest BCUT2D eigenvalue weighted by atomic mass is 10.1. The van der Waals surface area contributed by atoms with Crippen LogP contribution in [0.2, 0.25) is 0 Å². The fraction of sp³-hybridized carbons (Fsp3) is 0.705. The molecule has 4 N–H and O–H groups in total. The summed E-state index contributed by atoms with van der Waals surface area (Å²) >= 11 is 0. The van der Waals surface area contributed by atoms with E-state index in [2.05, 4.69) is 92.8 Å². The topological polar surface area (TPSA) is 185 Å². The maximum atomic E-state index is 12.3. The molecule has 1 rings (SSSR count). The molecule has 14 nitrogen and oxygen atoms in total. The minimum absolute atomic E-state index is 0. The monoisotopic (exact) mass is 884 g/mol. The molecule has 1 aromatic carbocycles. The van der Waals surface area contributed by atoms with E-state index in [-0.39, 0.29) is 59.0 Å². The first-order valence-electron chi connectivity index (χ1n) is 20.5. The molecule has 1 unspecified atom stereocenters. The molecule has 0 fully saturated rings. The van der Waals surface area contributed by atoms with Crippen LogP contribution in [0.3, 0.4) is 0 Å². The first-order chi connectivity index (χ1) is 27.8. The summed E-state index contributed by atoms with van der Waals surface area (Å²) in [5.41, 5.74) is 9.27. The molecule has 0 radical (unpaired) electrons. The second-order valence-electron chi connectivity index (χ2n) is 14.7. The van der Waals surface area contributed by atoms with Gasteiger partial charge in [-0.15, -0.1) is 0 Å². The van der Waals surface area contributed by atoms with Crippen molar-refractivity contribution < 1.29 is 33.3 Å². The molecule has 60 heavy (non-hydrogen) atoms. The number of nitrogens with one attached hydrogen (secondary N) is 4. The fourth-order valence-corrected chi connectivity index (χ4v) is 6.10. The van der Waals surface area contributed by atoms with Crippen LogP contribution in [0.5, 0.6) is 5.75 Å². The summed E-state index contributed by atoms with van der Waals surface area (Å²) < 4.78 is 22.0. The second kappa shape index (κ2) is 42.5. The number of amides is 3. The number of allylic oxidation sites excluding steroid dienone is 2. The number of hydrogen-bond acceptors (Lipinski definition) is 11. The molecule has 0 saturated carbocycles. The Kier molecular flexibility index (Phi) is 43.2. The molecule has 16 heteroatoms. The Morgan fingerprint density at radius 2 is 1.50 bits per heavy atom. The van der Waals surface area contributed by atoms with Crippen molar-refractivity contribution in [2.24, 2.45) is 22.9 Å². The van der Waals surface area contributed by atoms with Gasteiger partial charge in [0.1, 0.15) is 24.9 Å². The molecule has 3 amide bonds. The van der Waals surface area contributed by atoms with Crippen molar-refractivity contribution in [2.75, 3.05) is 70.9 Å². The molecule has 0 heterocycles. The van der Waals surface area contributed by atoms with E-state index in [0.29, 0.717) is 61.2 Å².